The minimum Gasteiger partial charge on any atom is -0.452 e. The van der Waals surface area contributed by atoms with Crippen molar-refractivity contribution in [2.45, 2.75) is 37.9 Å². The van der Waals surface area contributed by atoms with Crippen molar-refractivity contribution in [1.82, 2.24) is 0 Å². The number of hydrogen-bond donors (Lipinski definition) is 0. The zero-order chi connectivity index (χ0) is 20.9. The van der Waals surface area contributed by atoms with Crippen LogP contribution in [-0.4, -0.2) is 42.6 Å². The maximum atomic E-state index is 12.7. The summed E-state index contributed by atoms with van der Waals surface area (Å²) in [5, 5.41) is 0. The minimum absolute atomic E-state index is 0.187. The SMILES string of the molecule is C=C[C@@H](OC(=O)c1ccccc1)[C@H](OC(=O)c1ccccc1)[C@H]1COC(C)(C)O1. The van der Waals surface area contributed by atoms with Gasteiger partial charge in [-0.1, -0.05) is 43.0 Å². The lowest BCUT2D eigenvalue weighted by Gasteiger charge is -2.29. The van der Waals surface area contributed by atoms with E-state index >= 15 is 0 Å². The normalized spacial score (nSPS) is 19.7. The first-order chi connectivity index (χ1) is 13.9. The lowest BCUT2D eigenvalue weighted by Crippen LogP contribution is -2.44. The Kier molecular flexibility index (Phi) is 6.46. The van der Waals surface area contributed by atoms with Crippen LogP contribution < -0.4 is 0 Å². The first kappa shape index (κ1) is 20.8. The molecule has 6 heteroatoms. The molecule has 0 unspecified atom stereocenters. The van der Waals surface area contributed by atoms with Crippen molar-refractivity contribution in [3.05, 3.63) is 84.4 Å². The molecule has 2 aromatic rings. The van der Waals surface area contributed by atoms with Crippen LogP contribution in [-0.2, 0) is 18.9 Å². The maximum Gasteiger partial charge on any atom is 0.338 e. The van der Waals surface area contributed by atoms with Gasteiger partial charge in [0.1, 0.15) is 6.10 Å². The van der Waals surface area contributed by atoms with E-state index < -0.39 is 36.0 Å². The van der Waals surface area contributed by atoms with Gasteiger partial charge in [0.2, 0.25) is 0 Å². The molecule has 6 nitrogen and oxygen atoms in total. The molecule has 3 atom stereocenters. The fourth-order valence-electron chi connectivity index (χ4n) is 3.01. The Labute approximate surface area is 170 Å². The zero-order valence-corrected chi connectivity index (χ0v) is 16.4. The Morgan fingerprint density at radius 2 is 1.52 bits per heavy atom. The number of ether oxygens (including phenoxy) is 4. The van der Waals surface area contributed by atoms with Gasteiger partial charge in [0.15, 0.2) is 18.0 Å². The molecule has 29 heavy (non-hydrogen) atoms. The smallest absolute Gasteiger partial charge is 0.338 e. The van der Waals surface area contributed by atoms with E-state index in [4.69, 9.17) is 18.9 Å². The van der Waals surface area contributed by atoms with E-state index in [1.807, 2.05) is 0 Å². The molecule has 3 rings (SSSR count). The summed E-state index contributed by atoms with van der Waals surface area (Å²) in [4.78, 5) is 25.2. The quantitative estimate of drug-likeness (QED) is 0.524. The second-order valence-corrected chi connectivity index (χ2v) is 7.07. The van der Waals surface area contributed by atoms with Crippen LogP contribution >= 0.6 is 0 Å². The number of benzene rings is 2. The van der Waals surface area contributed by atoms with Gasteiger partial charge >= 0.3 is 11.9 Å². The van der Waals surface area contributed by atoms with Gasteiger partial charge < -0.3 is 18.9 Å². The summed E-state index contributed by atoms with van der Waals surface area (Å²) in [5.41, 5.74) is 0.768. The summed E-state index contributed by atoms with van der Waals surface area (Å²) >= 11 is 0. The van der Waals surface area contributed by atoms with Crippen LogP contribution in [0.25, 0.3) is 0 Å². The number of carbonyl (C=O) groups is 2. The summed E-state index contributed by atoms with van der Waals surface area (Å²) < 4.78 is 22.8. The number of rotatable bonds is 7. The fraction of sp³-hybridized carbons (Fsp3) is 0.304. The van der Waals surface area contributed by atoms with Crippen molar-refractivity contribution in [3.8, 4) is 0 Å². The molecular formula is C23H24O6. The van der Waals surface area contributed by atoms with Gasteiger partial charge in [-0.3, -0.25) is 0 Å². The molecule has 1 aliphatic heterocycles. The Morgan fingerprint density at radius 3 is 1.97 bits per heavy atom. The van der Waals surface area contributed by atoms with Crippen molar-refractivity contribution in [2.24, 2.45) is 0 Å². The second kappa shape index (κ2) is 9.03. The first-order valence-corrected chi connectivity index (χ1v) is 9.36. The topological polar surface area (TPSA) is 71.1 Å². The molecule has 0 N–H and O–H groups in total. The highest BCUT2D eigenvalue weighted by atomic mass is 16.8. The van der Waals surface area contributed by atoms with Crippen LogP contribution in [0, 0.1) is 0 Å². The number of hydrogen-bond acceptors (Lipinski definition) is 6. The predicted molar refractivity (Wildman–Crippen MR) is 106 cm³/mol. The highest BCUT2D eigenvalue weighted by Crippen LogP contribution is 2.28. The second-order valence-electron chi connectivity index (χ2n) is 7.07. The van der Waals surface area contributed by atoms with Gasteiger partial charge in [-0.15, -0.1) is 0 Å². The van der Waals surface area contributed by atoms with E-state index in [-0.39, 0.29) is 6.61 Å². The zero-order valence-electron chi connectivity index (χ0n) is 16.4. The van der Waals surface area contributed by atoms with Crippen molar-refractivity contribution < 1.29 is 28.5 Å². The van der Waals surface area contributed by atoms with Crippen LogP contribution in [0.3, 0.4) is 0 Å². The highest BCUT2D eigenvalue weighted by Gasteiger charge is 2.43. The van der Waals surface area contributed by atoms with E-state index in [1.54, 1.807) is 74.5 Å². The van der Waals surface area contributed by atoms with Crippen molar-refractivity contribution >= 4 is 11.9 Å². The van der Waals surface area contributed by atoms with Crippen molar-refractivity contribution in [2.75, 3.05) is 6.61 Å². The summed E-state index contributed by atoms with van der Waals surface area (Å²) in [6.07, 6.45) is -1.03. The third-order valence-electron chi connectivity index (χ3n) is 4.46. The molecule has 0 aromatic heterocycles. The lowest BCUT2D eigenvalue weighted by atomic mass is 10.1. The minimum atomic E-state index is -0.922. The average molecular weight is 396 g/mol. The molecule has 0 amide bonds. The molecule has 152 valence electrons. The Balaban J connectivity index is 1.81. The van der Waals surface area contributed by atoms with Gasteiger partial charge in [-0.2, -0.15) is 0 Å². The monoisotopic (exact) mass is 396 g/mol. The van der Waals surface area contributed by atoms with Gasteiger partial charge in [0.25, 0.3) is 0 Å². The van der Waals surface area contributed by atoms with Gasteiger partial charge in [-0.25, -0.2) is 9.59 Å². The third-order valence-corrected chi connectivity index (χ3v) is 4.46. The standard InChI is InChI=1S/C23H24O6/c1-4-18(27-21(24)16-11-7-5-8-12-16)20(19-15-26-23(2,3)29-19)28-22(25)17-13-9-6-10-14-17/h4-14,18-20H,1,15H2,2-3H3/t18-,19-,20+/m1/s1. The van der Waals surface area contributed by atoms with Crippen molar-refractivity contribution in [3.63, 3.8) is 0 Å². The average Bonchev–Trinajstić information content (AvgIpc) is 3.10. The lowest BCUT2D eigenvalue weighted by molar-refractivity contribution is -0.158. The Morgan fingerprint density at radius 1 is 1.00 bits per heavy atom. The Bertz CT molecular complexity index is 846. The largest absolute Gasteiger partial charge is 0.452 e. The van der Waals surface area contributed by atoms with Gasteiger partial charge in [0, 0.05) is 0 Å². The molecule has 1 saturated heterocycles. The van der Waals surface area contributed by atoms with Crippen LogP contribution in [0.2, 0.25) is 0 Å². The summed E-state index contributed by atoms with van der Waals surface area (Å²) in [7, 11) is 0. The molecule has 0 spiro atoms. The first-order valence-electron chi connectivity index (χ1n) is 9.36. The van der Waals surface area contributed by atoms with E-state index in [0.717, 1.165) is 0 Å². The molecule has 1 fully saturated rings. The summed E-state index contributed by atoms with van der Waals surface area (Å²) in [6, 6.07) is 17.1. The van der Waals surface area contributed by atoms with Gasteiger partial charge in [-0.05, 0) is 44.2 Å². The number of esters is 2. The van der Waals surface area contributed by atoms with E-state index in [1.165, 1.54) is 6.08 Å². The molecule has 0 radical (unpaired) electrons. The van der Waals surface area contributed by atoms with Crippen LogP contribution in [0.4, 0.5) is 0 Å². The third kappa shape index (κ3) is 5.31. The molecular weight excluding hydrogens is 372 g/mol. The summed E-state index contributed by atoms with van der Waals surface area (Å²) in [5.74, 6) is -1.93. The molecule has 2 aromatic carbocycles. The fourth-order valence-corrected chi connectivity index (χ4v) is 3.01. The van der Waals surface area contributed by atoms with Crippen LogP contribution in [0.15, 0.2) is 73.3 Å². The maximum absolute atomic E-state index is 12.7. The Hall–Kier alpha value is -2.96. The van der Waals surface area contributed by atoms with E-state index in [9.17, 15) is 9.59 Å². The van der Waals surface area contributed by atoms with Crippen LogP contribution in [0.1, 0.15) is 34.6 Å². The van der Waals surface area contributed by atoms with Crippen LogP contribution in [0.5, 0.6) is 0 Å². The molecule has 1 heterocycles. The number of carbonyl (C=O) groups excluding carboxylic acids is 2. The van der Waals surface area contributed by atoms with Gasteiger partial charge in [0.05, 0.1) is 17.7 Å². The molecule has 0 aliphatic carbocycles. The molecule has 1 aliphatic rings. The predicted octanol–water partition coefficient (Wildman–Crippen LogP) is 3.78. The van der Waals surface area contributed by atoms with E-state index in [0.29, 0.717) is 11.1 Å². The highest BCUT2D eigenvalue weighted by molar-refractivity contribution is 5.90. The van der Waals surface area contributed by atoms with E-state index in [2.05, 4.69) is 6.58 Å². The van der Waals surface area contributed by atoms with Crippen molar-refractivity contribution in [1.29, 1.82) is 0 Å². The molecule has 0 saturated carbocycles. The summed E-state index contributed by atoms with van der Waals surface area (Å²) in [6.45, 7) is 7.47. The molecule has 0 bridgehead atoms.